The number of nitrogens with one attached hydrogen (secondary N) is 1. The number of nitrogens with zero attached hydrogens (tertiary/aromatic N) is 2. The Kier molecular flexibility index (Phi) is 4.60. The molecular weight excluding hydrogens is 190 g/mol. The Balaban J connectivity index is 2.72. The number of hydrogen-bond acceptors (Lipinski definition) is 4. The second kappa shape index (κ2) is 6.01. The zero-order valence-electron chi connectivity index (χ0n) is 9.29. The van der Waals surface area contributed by atoms with Crippen LogP contribution in [0.4, 0.5) is 5.82 Å². The van der Waals surface area contributed by atoms with E-state index in [-0.39, 0.29) is 0 Å². The van der Waals surface area contributed by atoms with Gasteiger partial charge in [0.05, 0.1) is 6.61 Å². The molecule has 0 saturated carbocycles. The van der Waals surface area contributed by atoms with Gasteiger partial charge in [-0.15, -0.1) is 6.58 Å². The minimum atomic E-state index is 0.604. The van der Waals surface area contributed by atoms with E-state index in [1.54, 1.807) is 6.07 Å². The first kappa shape index (κ1) is 11.5. The molecule has 0 aliphatic carbocycles. The van der Waals surface area contributed by atoms with Crippen LogP contribution in [-0.2, 0) is 6.42 Å². The van der Waals surface area contributed by atoms with Gasteiger partial charge in [-0.3, -0.25) is 0 Å². The number of anilines is 1. The number of aromatic nitrogens is 2. The maximum absolute atomic E-state index is 5.47. The highest BCUT2D eigenvalue weighted by atomic mass is 16.5. The fraction of sp³-hybridized carbons (Fsp3) is 0.455. The number of ether oxygens (including phenoxy) is 1. The van der Waals surface area contributed by atoms with E-state index in [2.05, 4.69) is 21.9 Å². The molecule has 0 aliphatic rings. The first-order chi connectivity index (χ1) is 7.30. The highest BCUT2D eigenvalue weighted by Gasteiger charge is 2.02. The predicted molar refractivity (Wildman–Crippen MR) is 61.3 cm³/mol. The van der Waals surface area contributed by atoms with E-state index in [0.717, 1.165) is 24.5 Å². The molecular formula is C11H17N3O. The monoisotopic (exact) mass is 207 g/mol. The number of rotatable bonds is 6. The summed E-state index contributed by atoms with van der Waals surface area (Å²) in [7, 11) is 1.83. The van der Waals surface area contributed by atoms with Gasteiger partial charge in [-0.25, -0.2) is 4.98 Å². The molecule has 0 amide bonds. The molecule has 0 aliphatic heterocycles. The third-order valence-corrected chi connectivity index (χ3v) is 1.89. The van der Waals surface area contributed by atoms with Crippen LogP contribution in [-0.4, -0.2) is 23.6 Å². The van der Waals surface area contributed by atoms with Crippen molar-refractivity contribution in [3.05, 3.63) is 24.5 Å². The highest BCUT2D eigenvalue weighted by Crippen LogP contribution is 2.13. The van der Waals surface area contributed by atoms with Crippen molar-refractivity contribution in [1.82, 2.24) is 9.97 Å². The molecule has 1 rings (SSSR count). The van der Waals surface area contributed by atoms with Gasteiger partial charge >= 0.3 is 0 Å². The van der Waals surface area contributed by atoms with E-state index in [1.807, 2.05) is 20.0 Å². The van der Waals surface area contributed by atoms with Crippen LogP contribution in [0.5, 0.6) is 5.88 Å². The van der Waals surface area contributed by atoms with Crippen LogP contribution in [0.2, 0.25) is 0 Å². The van der Waals surface area contributed by atoms with Gasteiger partial charge in [0.15, 0.2) is 0 Å². The summed E-state index contributed by atoms with van der Waals surface area (Å²) >= 11 is 0. The van der Waals surface area contributed by atoms with Crippen molar-refractivity contribution in [1.29, 1.82) is 0 Å². The number of aryl methyl sites for hydroxylation is 1. The van der Waals surface area contributed by atoms with E-state index in [4.69, 9.17) is 4.74 Å². The fourth-order valence-corrected chi connectivity index (χ4v) is 1.08. The van der Waals surface area contributed by atoms with Gasteiger partial charge < -0.3 is 10.1 Å². The van der Waals surface area contributed by atoms with Crippen LogP contribution >= 0.6 is 0 Å². The van der Waals surface area contributed by atoms with Crippen LogP contribution in [0.3, 0.4) is 0 Å². The van der Waals surface area contributed by atoms with Gasteiger partial charge in [0, 0.05) is 19.5 Å². The second-order valence-corrected chi connectivity index (χ2v) is 3.04. The highest BCUT2D eigenvalue weighted by molar-refractivity contribution is 5.37. The lowest BCUT2D eigenvalue weighted by atomic mass is 10.4. The van der Waals surface area contributed by atoms with Crippen molar-refractivity contribution in [2.24, 2.45) is 0 Å². The molecule has 0 aromatic carbocycles. The molecule has 1 aromatic rings. The van der Waals surface area contributed by atoms with Crippen LogP contribution in [0.15, 0.2) is 18.7 Å². The first-order valence-electron chi connectivity index (χ1n) is 5.09. The summed E-state index contributed by atoms with van der Waals surface area (Å²) < 4.78 is 5.47. The summed E-state index contributed by atoms with van der Waals surface area (Å²) in [4.78, 5) is 8.54. The van der Waals surface area contributed by atoms with Crippen molar-refractivity contribution in [3.63, 3.8) is 0 Å². The Bertz CT molecular complexity index is 303. The number of hydrogen-bond donors (Lipinski definition) is 1. The van der Waals surface area contributed by atoms with Crippen LogP contribution in [0.1, 0.15) is 19.2 Å². The predicted octanol–water partition coefficient (Wildman–Crippen LogP) is 2.04. The largest absolute Gasteiger partial charge is 0.477 e. The summed E-state index contributed by atoms with van der Waals surface area (Å²) in [5.74, 6) is 2.19. The fourth-order valence-electron chi connectivity index (χ4n) is 1.08. The Morgan fingerprint density at radius 2 is 2.33 bits per heavy atom. The topological polar surface area (TPSA) is 47.0 Å². The Morgan fingerprint density at radius 1 is 1.53 bits per heavy atom. The van der Waals surface area contributed by atoms with E-state index in [0.29, 0.717) is 12.5 Å². The molecule has 0 atom stereocenters. The summed E-state index contributed by atoms with van der Waals surface area (Å²) in [5.41, 5.74) is 0. The Labute approximate surface area is 90.4 Å². The maximum Gasteiger partial charge on any atom is 0.218 e. The minimum Gasteiger partial charge on any atom is -0.477 e. The van der Waals surface area contributed by atoms with Crippen LogP contribution < -0.4 is 10.1 Å². The van der Waals surface area contributed by atoms with Gasteiger partial charge in [0.25, 0.3) is 0 Å². The molecule has 0 unspecified atom stereocenters. The summed E-state index contributed by atoms with van der Waals surface area (Å²) in [5, 5.41) is 2.98. The lowest BCUT2D eigenvalue weighted by Crippen LogP contribution is -2.04. The molecule has 1 aromatic heterocycles. The van der Waals surface area contributed by atoms with Crippen molar-refractivity contribution in [2.75, 3.05) is 19.0 Å². The summed E-state index contributed by atoms with van der Waals surface area (Å²) in [6.45, 7) is 6.25. The Hall–Kier alpha value is -1.58. The molecule has 82 valence electrons. The molecule has 0 fully saturated rings. The molecule has 0 bridgehead atoms. The van der Waals surface area contributed by atoms with Gasteiger partial charge in [0.1, 0.15) is 11.6 Å². The second-order valence-electron chi connectivity index (χ2n) is 3.04. The van der Waals surface area contributed by atoms with E-state index in [1.165, 1.54) is 0 Å². The summed E-state index contributed by atoms with van der Waals surface area (Å²) in [6, 6.07) is 1.79. The quantitative estimate of drug-likeness (QED) is 0.572. The van der Waals surface area contributed by atoms with E-state index < -0.39 is 0 Å². The SMILES string of the molecule is C=CCCOc1cc(NC)nc(CC)n1. The normalized spacial score (nSPS) is 9.73. The van der Waals surface area contributed by atoms with Crippen LogP contribution in [0, 0.1) is 0 Å². The van der Waals surface area contributed by atoms with Gasteiger partial charge in [-0.05, 0) is 6.42 Å². The summed E-state index contributed by atoms with van der Waals surface area (Å²) in [6.07, 6.45) is 3.44. The van der Waals surface area contributed by atoms with Crippen molar-refractivity contribution < 1.29 is 4.74 Å². The lowest BCUT2D eigenvalue weighted by molar-refractivity contribution is 0.311. The van der Waals surface area contributed by atoms with Crippen LogP contribution in [0.25, 0.3) is 0 Å². The van der Waals surface area contributed by atoms with Crippen molar-refractivity contribution in [2.45, 2.75) is 19.8 Å². The smallest absolute Gasteiger partial charge is 0.218 e. The third kappa shape index (κ3) is 3.58. The standard InChI is InChI=1S/C11H17N3O/c1-4-6-7-15-11-8-10(12-3)13-9(5-2)14-11/h4,8H,1,5-7H2,2-3H3,(H,12,13,14). The van der Waals surface area contributed by atoms with Crippen molar-refractivity contribution in [3.8, 4) is 5.88 Å². The zero-order valence-corrected chi connectivity index (χ0v) is 9.29. The maximum atomic E-state index is 5.47. The lowest BCUT2D eigenvalue weighted by Gasteiger charge is -2.07. The minimum absolute atomic E-state index is 0.604. The molecule has 1 heterocycles. The molecule has 4 heteroatoms. The van der Waals surface area contributed by atoms with Gasteiger partial charge in [0.2, 0.25) is 5.88 Å². The molecule has 15 heavy (non-hydrogen) atoms. The average Bonchev–Trinajstić information content (AvgIpc) is 2.29. The van der Waals surface area contributed by atoms with E-state index in [9.17, 15) is 0 Å². The van der Waals surface area contributed by atoms with Gasteiger partial charge in [-0.2, -0.15) is 4.98 Å². The average molecular weight is 207 g/mol. The zero-order chi connectivity index (χ0) is 11.1. The third-order valence-electron chi connectivity index (χ3n) is 1.89. The van der Waals surface area contributed by atoms with Crippen molar-refractivity contribution >= 4 is 5.82 Å². The molecule has 0 radical (unpaired) electrons. The first-order valence-corrected chi connectivity index (χ1v) is 5.09. The molecule has 4 nitrogen and oxygen atoms in total. The molecule has 1 N–H and O–H groups in total. The molecule has 0 spiro atoms. The van der Waals surface area contributed by atoms with Gasteiger partial charge in [-0.1, -0.05) is 13.0 Å². The van der Waals surface area contributed by atoms with E-state index >= 15 is 0 Å². The Morgan fingerprint density at radius 3 is 2.93 bits per heavy atom. The molecule has 0 saturated heterocycles.